The normalized spacial score (nSPS) is 15.3. The van der Waals surface area contributed by atoms with E-state index in [2.05, 4.69) is 20.7 Å². The van der Waals surface area contributed by atoms with Crippen LogP contribution in [0.2, 0.25) is 0 Å². The average Bonchev–Trinajstić information content (AvgIpc) is 3.14. The summed E-state index contributed by atoms with van der Waals surface area (Å²) < 4.78 is 1.86. The van der Waals surface area contributed by atoms with Crippen molar-refractivity contribution in [3.8, 4) is 0 Å². The maximum atomic E-state index is 4.29. The fourth-order valence-electron chi connectivity index (χ4n) is 2.05. The van der Waals surface area contributed by atoms with Crippen molar-refractivity contribution in [1.29, 1.82) is 0 Å². The predicted octanol–water partition coefficient (Wildman–Crippen LogP) is 0.961. The van der Waals surface area contributed by atoms with Gasteiger partial charge in [-0.25, -0.2) is 4.52 Å². The Hall–Kier alpha value is -1.46. The molecule has 0 aromatic carbocycles. The van der Waals surface area contributed by atoms with Crippen molar-refractivity contribution in [3.63, 3.8) is 0 Å². The molecule has 2 aromatic heterocycles. The molecule has 0 saturated heterocycles. The van der Waals surface area contributed by atoms with Gasteiger partial charge in [-0.1, -0.05) is 0 Å². The Labute approximate surface area is 107 Å². The Morgan fingerprint density at radius 2 is 2.22 bits per heavy atom. The highest BCUT2D eigenvalue weighted by Gasteiger charge is 2.19. The first kappa shape index (κ1) is 11.6. The quantitative estimate of drug-likeness (QED) is 0.713. The molecule has 2 aromatic rings. The Morgan fingerprint density at radius 3 is 3.11 bits per heavy atom. The topological polar surface area (TPSA) is 54.2 Å². The van der Waals surface area contributed by atoms with Gasteiger partial charge in [-0.2, -0.15) is 5.10 Å². The van der Waals surface area contributed by atoms with Gasteiger partial charge in [-0.05, 0) is 32.4 Å². The number of nitrogens with zero attached hydrogens (tertiary/aromatic N) is 3. The molecule has 2 N–H and O–H groups in total. The lowest BCUT2D eigenvalue weighted by Gasteiger charge is -2.04. The van der Waals surface area contributed by atoms with Crippen LogP contribution >= 0.6 is 0 Å². The summed E-state index contributed by atoms with van der Waals surface area (Å²) in [4.78, 5) is 4.13. The monoisotopic (exact) mass is 245 g/mol. The van der Waals surface area contributed by atoms with Crippen LogP contribution in [0.4, 0.5) is 0 Å². The number of aromatic nitrogens is 3. The highest BCUT2D eigenvalue weighted by molar-refractivity contribution is 5.51. The van der Waals surface area contributed by atoms with E-state index >= 15 is 0 Å². The second kappa shape index (κ2) is 5.46. The molecule has 0 radical (unpaired) electrons. The minimum absolute atomic E-state index is 0.815. The third-order valence-electron chi connectivity index (χ3n) is 3.26. The fraction of sp³-hybridized carbons (Fsp3) is 0.538. The molecule has 18 heavy (non-hydrogen) atoms. The van der Waals surface area contributed by atoms with Gasteiger partial charge in [0.2, 0.25) is 0 Å². The van der Waals surface area contributed by atoms with Crippen LogP contribution in [0.15, 0.2) is 24.8 Å². The SMILES string of the molecule is c1cn2ncc(CNCCCNC3CC3)c2cn1. The van der Waals surface area contributed by atoms with Crippen LogP contribution in [-0.2, 0) is 6.54 Å². The summed E-state index contributed by atoms with van der Waals surface area (Å²) in [6.07, 6.45) is 11.3. The van der Waals surface area contributed by atoms with Crippen molar-refractivity contribution in [2.24, 2.45) is 0 Å². The molecule has 0 amide bonds. The highest BCUT2D eigenvalue weighted by Crippen LogP contribution is 2.18. The number of hydrogen-bond acceptors (Lipinski definition) is 4. The third-order valence-corrected chi connectivity index (χ3v) is 3.26. The standard InChI is InChI=1S/C13H19N5/c1(5-16-12-2-3-12)4-14-8-11-9-17-18-7-6-15-10-13(11)18/h6-7,9-10,12,14,16H,1-5,8H2. The number of rotatable bonds is 7. The van der Waals surface area contributed by atoms with Crippen LogP contribution in [0.5, 0.6) is 0 Å². The van der Waals surface area contributed by atoms with Crippen molar-refractivity contribution in [3.05, 3.63) is 30.4 Å². The van der Waals surface area contributed by atoms with Crippen molar-refractivity contribution >= 4 is 5.52 Å². The molecule has 0 bridgehead atoms. The summed E-state index contributed by atoms with van der Waals surface area (Å²) in [5.41, 5.74) is 2.29. The Bertz CT molecular complexity index is 503. The Balaban J connectivity index is 1.41. The molecule has 2 heterocycles. The van der Waals surface area contributed by atoms with Crippen molar-refractivity contribution in [1.82, 2.24) is 25.2 Å². The van der Waals surface area contributed by atoms with Gasteiger partial charge in [0.1, 0.15) is 0 Å². The van der Waals surface area contributed by atoms with Crippen molar-refractivity contribution in [2.45, 2.75) is 31.8 Å². The first-order valence-electron chi connectivity index (χ1n) is 6.64. The van der Waals surface area contributed by atoms with E-state index in [4.69, 9.17) is 0 Å². The second-order valence-corrected chi connectivity index (χ2v) is 4.83. The average molecular weight is 245 g/mol. The maximum Gasteiger partial charge on any atom is 0.0889 e. The van der Waals surface area contributed by atoms with Crippen molar-refractivity contribution < 1.29 is 0 Å². The lowest BCUT2D eigenvalue weighted by molar-refractivity contribution is 0.594. The highest BCUT2D eigenvalue weighted by atomic mass is 15.2. The summed E-state index contributed by atoms with van der Waals surface area (Å²) >= 11 is 0. The molecule has 5 heteroatoms. The minimum Gasteiger partial charge on any atom is -0.314 e. The van der Waals surface area contributed by atoms with E-state index in [1.165, 1.54) is 24.8 Å². The van der Waals surface area contributed by atoms with Crippen molar-refractivity contribution in [2.75, 3.05) is 13.1 Å². The number of hydrogen-bond donors (Lipinski definition) is 2. The summed E-state index contributed by atoms with van der Waals surface area (Å²) in [5.74, 6) is 0. The molecule has 1 fully saturated rings. The van der Waals surface area contributed by atoms with Gasteiger partial charge in [-0.3, -0.25) is 4.98 Å². The lowest BCUT2D eigenvalue weighted by atomic mass is 10.3. The minimum atomic E-state index is 0.815. The van der Waals surface area contributed by atoms with Gasteiger partial charge < -0.3 is 10.6 Å². The van der Waals surface area contributed by atoms with E-state index in [1.54, 1.807) is 6.20 Å². The lowest BCUT2D eigenvalue weighted by Crippen LogP contribution is -2.23. The van der Waals surface area contributed by atoms with E-state index in [0.717, 1.165) is 31.2 Å². The van der Waals surface area contributed by atoms with Crippen LogP contribution in [0.3, 0.4) is 0 Å². The van der Waals surface area contributed by atoms with Gasteiger partial charge in [0.25, 0.3) is 0 Å². The summed E-state index contributed by atoms with van der Waals surface area (Å²) in [6, 6.07) is 0.815. The van der Waals surface area contributed by atoms with Crippen LogP contribution in [-0.4, -0.2) is 33.7 Å². The molecule has 0 unspecified atom stereocenters. The maximum absolute atomic E-state index is 4.29. The summed E-state index contributed by atoms with van der Waals surface area (Å²) in [6.45, 7) is 3.02. The smallest absolute Gasteiger partial charge is 0.0889 e. The van der Waals surface area contributed by atoms with Gasteiger partial charge in [0, 0.05) is 30.5 Å². The molecular weight excluding hydrogens is 226 g/mol. The zero-order chi connectivity index (χ0) is 12.2. The predicted molar refractivity (Wildman–Crippen MR) is 70.3 cm³/mol. The molecule has 0 spiro atoms. The molecule has 1 aliphatic carbocycles. The third kappa shape index (κ3) is 2.86. The molecular formula is C13H19N5. The van der Waals surface area contributed by atoms with E-state index in [9.17, 15) is 0 Å². The Kier molecular flexibility index (Phi) is 3.52. The largest absolute Gasteiger partial charge is 0.314 e. The molecule has 1 aliphatic rings. The first-order valence-corrected chi connectivity index (χ1v) is 6.64. The van der Waals surface area contributed by atoms with Crippen LogP contribution in [0.1, 0.15) is 24.8 Å². The molecule has 5 nitrogen and oxygen atoms in total. The van der Waals surface area contributed by atoms with Crippen LogP contribution < -0.4 is 10.6 Å². The van der Waals surface area contributed by atoms with Gasteiger partial charge in [0.15, 0.2) is 0 Å². The molecule has 1 saturated carbocycles. The Morgan fingerprint density at radius 1 is 1.28 bits per heavy atom. The van der Waals surface area contributed by atoms with E-state index < -0.39 is 0 Å². The number of nitrogens with one attached hydrogen (secondary N) is 2. The molecule has 0 atom stereocenters. The van der Waals surface area contributed by atoms with E-state index in [1.807, 2.05) is 23.1 Å². The molecule has 96 valence electrons. The van der Waals surface area contributed by atoms with E-state index in [-0.39, 0.29) is 0 Å². The molecule has 0 aliphatic heterocycles. The van der Waals surface area contributed by atoms with Gasteiger partial charge >= 0.3 is 0 Å². The second-order valence-electron chi connectivity index (χ2n) is 4.83. The zero-order valence-electron chi connectivity index (χ0n) is 10.5. The first-order chi connectivity index (χ1) is 8.93. The summed E-state index contributed by atoms with van der Waals surface area (Å²) in [7, 11) is 0. The van der Waals surface area contributed by atoms with Gasteiger partial charge in [-0.15, -0.1) is 0 Å². The van der Waals surface area contributed by atoms with Crippen LogP contribution in [0, 0.1) is 0 Å². The summed E-state index contributed by atoms with van der Waals surface area (Å²) in [5, 5.41) is 11.3. The van der Waals surface area contributed by atoms with E-state index in [0.29, 0.717) is 0 Å². The fourth-order valence-corrected chi connectivity index (χ4v) is 2.05. The molecule has 3 rings (SSSR count). The zero-order valence-corrected chi connectivity index (χ0v) is 10.5. The van der Waals surface area contributed by atoms with Gasteiger partial charge in [0.05, 0.1) is 17.9 Å². The number of fused-ring (bicyclic) bond motifs is 1. The van der Waals surface area contributed by atoms with Crippen LogP contribution in [0.25, 0.3) is 5.52 Å².